The van der Waals surface area contributed by atoms with E-state index in [0.29, 0.717) is 22.7 Å². The third-order valence-corrected chi connectivity index (χ3v) is 5.03. The quantitative estimate of drug-likeness (QED) is 0.263. The number of thioether (sulfide) groups is 1. The van der Waals surface area contributed by atoms with Gasteiger partial charge in [-0.3, -0.25) is 4.79 Å². The summed E-state index contributed by atoms with van der Waals surface area (Å²) in [5, 5.41) is 8.82. The van der Waals surface area contributed by atoms with Gasteiger partial charge in [0.05, 0.1) is 12.3 Å². The Bertz CT molecular complexity index is 1120. The summed E-state index contributed by atoms with van der Waals surface area (Å²) in [6.45, 7) is 0.629. The largest absolute Gasteiger partial charge is 0.460 e. The van der Waals surface area contributed by atoms with E-state index in [2.05, 4.69) is 20.3 Å². The maximum atomic E-state index is 13.1. The Balaban J connectivity index is 1.41. The smallest absolute Gasteiger partial charge is 0.316 e. The molecular weight excluding hydrogens is 393 g/mol. The predicted molar refractivity (Wildman–Crippen MR) is 106 cm³/mol. The van der Waals surface area contributed by atoms with Gasteiger partial charge < -0.3 is 4.74 Å². The Morgan fingerprint density at radius 2 is 1.83 bits per heavy atom. The standard InChI is InChI=1S/C20H16FN5O2S/c21-16-8-6-14(7-9-16)10-26-19-18(24-25-26)20(23-13-22-19)29-12-17(27)28-11-15-4-2-1-3-5-15/h1-9,13H,10-12H2. The summed E-state index contributed by atoms with van der Waals surface area (Å²) in [6, 6.07) is 15.6. The van der Waals surface area contributed by atoms with Gasteiger partial charge in [-0.1, -0.05) is 59.4 Å². The van der Waals surface area contributed by atoms with E-state index in [1.165, 1.54) is 30.2 Å². The summed E-state index contributed by atoms with van der Waals surface area (Å²) in [6.07, 6.45) is 1.41. The first-order chi connectivity index (χ1) is 14.2. The zero-order valence-electron chi connectivity index (χ0n) is 15.2. The van der Waals surface area contributed by atoms with Crippen LogP contribution in [0.3, 0.4) is 0 Å². The van der Waals surface area contributed by atoms with Crippen LogP contribution in [0.2, 0.25) is 0 Å². The topological polar surface area (TPSA) is 82.8 Å². The third kappa shape index (κ3) is 4.75. The van der Waals surface area contributed by atoms with E-state index in [9.17, 15) is 9.18 Å². The molecule has 0 aliphatic carbocycles. The lowest BCUT2D eigenvalue weighted by molar-refractivity contribution is -0.141. The molecule has 0 unspecified atom stereocenters. The highest BCUT2D eigenvalue weighted by molar-refractivity contribution is 8.00. The van der Waals surface area contributed by atoms with E-state index in [4.69, 9.17) is 4.74 Å². The highest BCUT2D eigenvalue weighted by atomic mass is 32.2. The van der Waals surface area contributed by atoms with E-state index in [1.54, 1.807) is 16.8 Å². The van der Waals surface area contributed by atoms with Crippen molar-refractivity contribution in [2.45, 2.75) is 18.2 Å². The van der Waals surface area contributed by atoms with Gasteiger partial charge in [0.1, 0.15) is 23.8 Å². The Morgan fingerprint density at radius 3 is 2.62 bits per heavy atom. The number of ether oxygens (including phenoxy) is 1. The number of carbonyl (C=O) groups is 1. The fourth-order valence-electron chi connectivity index (χ4n) is 2.65. The Labute approximate surface area is 169 Å². The van der Waals surface area contributed by atoms with Crippen LogP contribution in [0, 0.1) is 5.82 Å². The molecular formula is C20H16FN5O2S. The van der Waals surface area contributed by atoms with Crippen LogP contribution in [0.5, 0.6) is 0 Å². The Morgan fingerprint density at radius 1 is 1.03 bits per heavy atom. The Kier molecular flexibility index (Phi) is 5.76. The van der Waals surface area contributed by atoms with E-state index >= 15 is 0 Å². The first kappa shape index (κ1) is 19.0. The van der Waals surface area contributed by atoms with E-state index in [-0.39, 0.29) is 24.1 Å². The fraction of sp³-hybridized carbons (Fsp3) is 0.150. The van der Waals surface area contributed by atoms with E-state index in [0.717, 1.165) is 11.1 Å². The summed E-state index contributed by atoms with van der Waals surface area (Å²) >= 11 is 1.22. The highest BCUT2D eigenvalue weighted by Gasteiger charge is 2.14. The van der Waals surface area contributed by atoms with Crippen molar-refractivity contribution < 1.29 is 13.9 Å². The Hall–Kier alpha value is -3.33. The van der Waals surface area contributed by atoms with Crippen LogP contribution in [-0.4, -0.2) is 36.7 Å². The molecule has 7 nitrogen and oxygen atoms in total. The second-order valence-electron chi connectivity index (χ2n) is 6.16. The first-order valence-electron chi connectivity index (χ1n) is 8.80. The van der Waals surface area contributed by atoms with Crippen molar-refractivity contribution in [3.63, 3.8) is 0 Å². The van der Waals surface area contributed by atoms with Crippen molar-refractivity contribution in [1.29, 1.82) is 0 Å². The summed E-state index contributed by atoms with van der Waals surface area (Å²) < 4.78 is 20.0. The number of esters is 1. The minimum atomic E-state index is -0.343. The van der Waals surface area contributed by atoms with Crippen molar-refractivity contribution in [3.05, 3.63) is 77.9 Å². The SMILES string of the molecule is O=C(CSc1ncnc2c1nnn2Cc1ccc(F)cc1)OCc1ccccc1. The molecule has 0 aliphatic rings. The fourth-order valence-corrected chi connectivity index (χ4v) is 3.38. The van der Waals surface area contributed by atoms with Gasteiger partial charge in [0, 0.05) is 0 Å². The molecule has 146 valence electrons. The average Bonchev–Trinajstić information content (AvgIpc) is 3.16. The molecule has 0 saturated heterocycles. The number of fused-ring (bicyclic) bond motifs is 1. The molecule has 0 saturated carbocycles. The van der Waals surface area contributed by atoms with Crippen LogP contribution in [0.15, 0.2) is 66.0 Å². The summed E-state index contributed by atoms with van der Waals surface area (Å²) in [5.74, 6) is -0.536. The van der Waals surface area contributed by atoms with Crippen molar-refractivity contribution in [2.75, 3.05) is 5.75 Å². The molecule has 0 spiro atoms. The molecule has 4 rings (SSSR count). The van der Waals surface area contributed by atoms with Gasteiger partial charge in [0.25, 0.3) is 0 Å². The second-order valence-corrected chi connectivity index (χ2v) is 7.12. The van der Waals surface area contributed by atoms with Crippen LogP contribution >= 0.6 is 11.8 Å². The van der Waals surface area contributed by atoms with Crippen LogP contribution in [0.4, 0.5) is 4.39 Å². The maximum Gasteiger partial charge on any atom is 0.316 e. The van der Waals surface area contributed by atoms with Gasteiger partial charge in [-0.15, -0.1) is 5.10 Å². The molecule has 0 amide bonds. The summed E-state index contributed by atoms with van der Waals surface area (Å²) in [4.78, 5) is 20.5. The van der Waals surface area contributed by atoms with Gasteiger partial charge in [-0.05, 0) is 23.3 Å². The number of carbonyl (C=O) groups excluding carboxylic acids is 1. The second kappa shape index (κ2) is 8.78. The highest BCUT2D eigenvalue weighted by Crippen LogP contribution is 2.23. The van der Waals surface area contributed by atoms with E-state index < -0.39 is 0 Å². The van der Waals surface area contributed by atoms with Crippen molar-refractivity contribution in [3.8, 4) is 0 Å². The number of nitrogens with zero attached hydrogens (tertiary/aromatic N) is 5. The lowest BCUT2D eigenvalue weighted by Gasteiger charge is -2.05. The molecule has 0 radical (unpaired) electrons. The number of rotatable bonds is 7. The maximum absolute atomic E-state index is 13.1. The van der Waals surface area contributed by atoms with Crippen LogP contribution < -0.4 is 0 Å². The van der Waals surface area contributed by atoms with E-state index in [1.807, 2.05) is 30.3 Å². The minimum absolute atomic E-state index is 0.101. The van der Waals surface area contributed by atoms with Gasteiger partial charge >= 0.3 is 5.97 Å². The first-order valence-corrected chi connectivity index (χ1v) is 9.78. The molecule has 0 N–H and O–H groups in total. The molecule has 2 heterocycles. The van der Waals surface area contributed by atoms with Gasteiger partial charge in [-0.25, -0.2) is 19.0 Å². The number of benzene rings is 2. The molecule has 0 atom stereocenters. The monoisotopic (exact) mass is 409 g/mol. The average molecular weight is 409 g/mol. The molecule has 29 heavy (non-hydrogen) atoms. The van der Waals surface area contributed by atoms with Gasteiger partial charge in [-0.2, -0.15) is 0 Å². The molecule has 9 heteroatoms. The van der Waals surface area contributed by atoms with Gasteiger partial charge in [0.2, 0.25) is 0 Å². The zero-order valence-corrected chi connectivity index (χ0v) is 16.1. The number of hydrogen-bond donors (Lipinski definition) is 0. The van der Waals surface area contributed by atoms with Gasteiger partial charge in [0.15, 0.2) is 11.2 Å². The molecule has 4 aromatic rings. The number of hydrogen-bond acceptors (Lipinski definition) is 7. The lowest BCUT2D eigenvalue weighted by Crippen LogP contribution is -2.07. The number of halogens is 1. The molecule has 2 aromatic heterocycles. The zero-order chi connectivity index (χ0) is 20.1. The minimum Gasteiger partial charge on any atom is -0.460 e. The molecule has 2 aromatic carbocycles. The van der Waals surface area contributed by atoms with Crippen LogP contribution in [0.1, 0.15) is 11.1 Å². The number of aromatic nitrogens is 5. The molecule has 0 aliphatic heterocycles. The van der Waals surface area contributed by atoms with Crippen molar-refractivity contribution in [2.24, 2.45) is 0 Å². The summed E-state index contributed by atoms with van der Waals surface area (Å²) in [7, 11) is 0. The summed E-state index contributed by atoms with van der Waals surface area (Å²) in [5.41, 5.74) is 2.86. The van der Waals surface area contributed by atoms with Crippen molar-refractivity contribution >= 4 is 28.9 Å². The third-order valence-electron chi connectivity index (χ3n) is 4.08. The van der Waals surface area contributed by atoms with Crippen molar-refractivity contribution in [1.82, 2.24) is 25.0 Å². The lowest BCUT2D eigenvalue weighted by atomic mass is 10.2. The van der Waals surface area contributed by atoms with Crippen LogP contribution in [0.25, 0.3) is 11.2 Å². The van der Waals surface area contributed by atoms with Crippen LogP contribution in [-0.2, 0) is 22.7 Å². The molecule has 0 bridgehead atoms. The predicted octanol–water partition coefficient (Wildman–Crippen LogP) is 3.24. The molecule has 0 fully saturated rings. The normalized spacial score (nSPS) is 10.9.